The summed E-state index contributed by atoms with van der Waals surface area (Å²) in [5.74, 6) is -0.928. The summed E-state index contributed by atoms with van der Waals surface area (Å²) in [6.07, 6.45) is 4.83. The van der Waals surface area contributed by atoms with Crippen LogP contribution in [-0.4, -0.2) is 22.4 Å². The Bertz CT molecular complexity index is 427. The zero-order valence-electron chi connectivity index (χ0n) is 9.24. The van der Waals surface area contributed by atoms with Crippen molar-refractivity contribution >= 4 is 17.4 Å². The average Bonchev–Trinajstić information content (AvgIpc) is 2.53. The lowest BCUT2D eigenvalue weighted by molar-refractivity contribution is 0.458. The van der Waals surface area contributed by atoms with Crippen LogP contribution in [-0.2, 0) is 0 Å². The normalized spacial score (nSPS) is 31.9. The van der Waals surface area contributed by atoms with E-state index in [4.69, 9.17) is 11.6 Å². The van der Waals surface area contributed by atoms with Crippen molar-refractivity contribution in [2.75, 3.05) is 4.90 Å². The Hall–Kier alpha value is -0.900. The largest absolute Gasteiger partial charge is 0.348 e. The summed E-state index contributed by atoms with van der Waals surface area (Å²) in [4.78, 5) is 5.89. The summed E-state index contributed by atoms with van der Waals surface area (Å²) in [6, 6.07) is 1.40. The minimum Gasteiger partial charge on any atom is -0.348 e. The Morgan fingerprint density at radius 2 is 1.88 bits per heavy atom. The molecule has 2 fully saturated rings. The zero-order valence-corrected chi connectivity index (χ0v) is 10.00. The van der Waals surface area contributed by atoms with Gasteiger partial charge in [0.15, 0.2) is 11.6 Å². The molecule has 2 bridgehead atoms. The van der Waals surface area contributed by atoms with Crippen molar-refractivity contribution in [3.8, 4) is 0 Å². The molecule has 1 aromatic rings. The summed E-state index contributed by atoms with van der Waals surface area (Å²) < 4.78 is 26.6. The van der Waals surface area contributed by atoms with Crippen molar-refractivity contribution in [1.29, 1.82) is 0 Å². The number of nitrogens with zero attached hydrogens (tertiary/aromatic N) is 2. The first kappa shape index (κ1) is 11.2. The molecule has 3 heterocycles. The zero-order chi connectivity index (χ0) is 12.0. The van der Waals surface area contributed by atoms with Gasteiger partial charge in [0.05, 0.1) is 6.20 Å². The van der Waals surface area contributed by atoms with Gasteiger partial charge in [-0.3, -0.25) is 0 Å². The highest BCUT2D eigenvalue weighted by Crippen LogP contribution is 2.40. The molecule has 2 aliphatic heterocycles. The number of piperidine rings is 1. The van der Waals surface area contributed by atoms with Crippen LogP contribution in [0.3, 0.4) is 0 Å². The van der Waals surface area contributed by atoms with Crippen molar-refractivity contribution in [1.82, 2.24) is 4.98 Å². The van der Waals surface area contributed by atoms with Crippen molar-refractivity contribution in [3.05, 3.63) is 23.9 Å². The Kier molecular flexibility index (Phi) is 2.69. The molecule has 2 aliphatic rings. The van der Waals surface area contributed by atoms with Crippen LogP contribution in [0.2, 0.25) is 0 Å². The second-order valence-electron chi connectivity index (χ2n) is 4.82. The second kappa shape index (κ2) is 4.09. The van der Waals surface area contributed by atoms with Crippen LogP contribution in [0, 0.1) is 11.6 Å². The highest BCUT2D eigenvalue weighted by atomic mass is 35.5. The van der Waals surface area contributed by atoms with Crippen molar-refractivity contribution in [3.63, 3.8) is 0 Å². The fourth-order valence-corrected chi connectivity index (χ4v) is 3.47. The lowest BCUT2D eigenvalue weighted by Crippen LogP contribution is -2.44. The van der Waals surface area contributed by atoms with Gasteiger partial charge in [0.1, 0.15) is 5.82 Å². The third kappa shape index (κ3) is 1.88. The van der Waals surface area contributed by atoms with Crippen molar-refractivity contribution in [2.24, 2.45) is 0 Å². The van der Waals surface area contributed by atoms with Gasteiger partial charge in [-0.2, -0.15) is 0 Å². The van der Waals surface area contributed by atoms with Crippen molar-refractivity contribution in [2.45, 2.75) is 43.1 Å². The monoisotopic (exact) mass is 258 g/mol. The van der Waals surface area contributed by atoms with Gasteiger partial charge in [0, 0.05) is 23.5 Å². The van der Waals surface area contributed by atoms with E-state index in [0.29, 0.717) is 0 Å². The van der Waals surface area contributed by atoms with Crippen LogP contribution in [0.1, 0.15) is 25.7 Å². The van der Waals surface area contributed by atoms with Crippen LogP contribution in [0.4, 0.5) is 14.6 Å². The summed E-state index contributed by atoms with van der Waals surface area (Å²) >= 11 is 6.16. The molecular formula is C12H13ClF2N2. The van der Waals surface area contributed by atoms with E-state index in [2.05, 4.69) is 4.98 Å². The van der Waals surface area contributed by atoms with E-state index >= 15 is 0 Å². The molecule has 2 unspecified atom stereocenters. The quantitative estimate of drug-likeness (QED) is 0.720. The number of anilines is 1. The first-order valence-electron chi connectivity index (χ1n) is 5.88. The number of alkyl halides is 1. The predicted octanol–water partition coefficient (Wildman–Crippen LogP) is 3.10. The molecule has 0 amide bonds. The van der Waals surface area contributed by atoms with Gasteiger partial charge in [-0.05, 0) is 25.7 Å². The number of hydrogen-bond acceptors (Lipinski definition) is 2. The van der Waals surface area contributed by atoms with E-state index < -0.39 is 11.6 Å². The molecule has 0 saturated carbocycles. The average molecular weight is 259 g/mol. The Morgan fingerprint density at radius 3 is 2.47 bits per heavy atom. The molecule has 0 N–H and O–H groups in total. The van der Waals surface area contributed by atoms with Crippen molar-refractivity contribution < 1.29 is 8.78 Å². The molecule has 3 rings (SSSR count). The third-order valence-electron chi connectivity index (χ3n) is 3.71. The van der Waals surface area contributed by atoms with Crippen LogP contribution < -0.4 is 4.90 Å². The van der Waals surface area contributed by atoms with Crippen LogP contribution in [0.5, 0.6) is 0 Å². The van der Waals surface area contributed by atoms with Crippen LogP contribution in [0.25, 0.3) is 0 Å². The van der Waals surface area contributed by atoms with Crippen LogP contribution in [0.15, 0.2) is 12.3 Å². The number of halogens is 3. The topological polar surface area (TPSA) is 16.1 Å². The van der Waals surface area contributed by atoms with Gasteiger partial charge in [-0.1, -0.05) is 0 Å². The minimum atomic E-state index is -0.633. The molecule has 1 aromatic heterocycles. The molecule has 17 heavy (non-hydrogen) atoms. The number of aromatic nitrogens is 1. The van der Waals surface area contributed by atoms with Gasteiger partial charge in [0.25, 0.3) is 0 Å². The molecule has 2 saturated heterocycles. The number of hydrogen-bond donors (Lipinski definition) is 0. The van der Waals surface area contributed by atoms with Gasteiger partial charge >= 0.3 is 0 Å². The van der Waals surface area contributed by atoms with Gasteiger partial charge in [-0.25, -0.2) is 13.8 Å². The highest BCUT2D eigenvalue weighted by molar-refractivity contribution is 6.20. The Labute approximate surface area is 104 Å². The Balaban J connectivity index is 1.94. The second-order valence-corrected chi connectivity index (χ2v) is 5.44. The third-order valence-corrected chi connectivity index (χ3v) is 4.06. The summed E-state index contributed by atoms with van der Waals surface area (Å²) in [5, 5.41) is 0.173. The number of pyridine rings is 1. The molecule has 2 nitrogen and oxygen atoms in total. The fraction of sp³-hybridized carbons (Fsp3) is 0.583. The van der Waals surface area contributed by atoms with E-state index in [9.17, 15) is 8.78 Å². The smallest absolute Gasteiger partial charge is 0.168 e. The van der Waals surface area contributed by atoms with Gasteiger partial charge in [-0.15, -0.1) is 11.6 Å². The summed E-state index contributed by atoms with van der Waals surface area (Å²) in [6.45, 7) is 0. The van der Waals surface area contributed by atoms with Gasteiger partial charge in [0.2, 0.25) is 0 Å². The summed E-state index contributed by atoms with van der Waals surface area (Å²) in [7, 11) is 0. The maximum Gasteiger partial charge on any atom is 0.168 e. The van der Waals surface area contributed by atoms with Gasteiger partial charge < -0.3 is 4.90 Å². The number of fused-ring (bicyclic) bond motifs is 2. The maximum absolute atomic E-state index is 13.7. The van der Waals surface area contributed by atoms with E-state index in [1.54, 1.807) is 0 Å². The summed E-state index contributed by atoms with van der Waals surface area (Å²) in [5.41, 5.74) is 0. The van der Waals surface area contributed by atoms with E-state index in [-0.39, 0.29) is 23.3 Å². The molecule has 0 aliphatic carbocycles. The maximum atomic E-state index is 13.7. The highest BCUT2D eigenvalue weighted by Gasteiger charge is 2.41. The minimum absolute atomic E-state index is 0.173. The molecule has 0 spiro atoms. The number of rotatable bonds is 1. The lowest BCUT2D eigenvalue weighted by Gasteiger charge is -2.37. The van der Waals surface area contributed by atoms with Crippen LogP contribution >= 0.6 is 11.6 Å². The van der Waals surface area contributed by atoms with E-state index in [1.807, 2.05) is 4.90 Å². The molecule has 5 heteroatoms. The predicted molar refractivity (Wildman–Crippen MR) is 62.3 cm³/mol. The standard InChI is InChI=1S/C12H13ClF2N2/c13-7-3-9-1-2-10(4-7)17(9)12-11(15)5-8(14)6-16-12/h5-7,9-10H,1-4H2. The molecular weight excluding hydrogens is 246 g/mol. The lowest BCUT2D eigenvalue weighted by atomic mass is 10.0. The molecule has 92 valence electrons. The van der Waals surface area contributed by atoms with E-state index in [0.717, 1.165) is 37.9 Å². The first-order valence-corrected chi connectivity index (χ1v) is 6.32. The molecule has 0 aromatic carbocycles. The SMILES string of the molecule is Fc1cnc(N2C3CCC2CC(Cl)C3)c(F)c1. The first-order chi connectivity index (χ1) is 8.15. The fourth-order valence-electron chi connectivity index (χ4n) is 3.05. The Morgan fingerprint density at radius 1 is 1.24 bits per heavy atom. The molecule has 0 radical (unpaired) electrons. The molecule has 2 atom stereocenters. The van der Waals surface area contributed by atoms with E-state index in [1.165, 1.54) is 0 Å².